The zero-order valence-electron chi connectivity index (χ0n) is 7.11. The second-order valence-electron chi connectivity index (χ2n) is 2.39. The molecule has 0 radical (unpaired) electrons. The fourth-order valence-electron chi connectivity index (χ4n) is 0.679. The van der Waals surface area contributed by atoms with Crippen LogP contribution in [-0.2, 0) is 4.79 Å². The van der Waals surface area contributed by atoms with Crippen molar-refractivity contribution in [3.05, 3.63) is 23.8 Å². The molecule has 1 rings (SSSR count). The van der Waals surface area contributed by atoms with Crippen LogP contribution in [0.5, 0.6) is 0 Å². The summed E-state index contributed by atoms with van der Waals surface area (Å²) in [6.07, 6.45) is 2.97. The molecule has 4 heteroatoms. The minimum absolute atomic E-state index is 0.159. The average Bonchev–Trinajstić information content (AvgIpc) is 2.08. The number of hydrogen-bond donors (Lipinski definition) is 1. The zero-order chi connectivity index (χ0) is 9.68. The minimum atomic E-state index is -0.930. The number of aliphatic carboxylic acids is 1. The van der Waals surface area contributed by atoms with Crippen LogP contribution in [-0.4, -0.2) is 21.0 Å². The van der Waals surface area contributed by atoms with Gasteiger partial charge in [0.1, 0.15) is 12.2 Å². The van der Waals surface area contributed by atoms with Crippen LogP contribution >= 0.6 is 0 Å². The first-order valence-electron chi connectivity index (χ1n) is 3.68. The van der Waals surface area contributed by atoms with Crippen LogP contribution in [0.15, 0.2) is 12.4 Å². The summed E-state index contributed by atoms with van der Waals surface area (Å²) in [7, 11) is 0. The number of rotatable bonds is 1. The highest BCUT2D eigenvalue weighted by molar-refractivity contribution is 5.70. The van der Waals surface area contributed by atoms with Gasteiger partial charge in [0.25, 0.3) is 0 Å². The maximum Gasteiger partial charge on any atom is 0.315 e. The molecule has 0 aliphatic heterocycles. The number of hydrogen-bond acceptors (Lipinski definition) is 3. The van der Waals surface area contributed by atoms with Gasteiger partial charge in [-0.2, -0.15) is 0 Å². The molecule has 0 aromatic carbocycles. The number of carboxylic acid groups (broad SMARTS) is 1. The van der Waals surface area contributed by atoms with Crippen molar-refractivity contribution in [2.75, 3.05) is 0 Å². The number of aryl methyl sites for hydroxylation is 1. The molecule has 0 aliphatic carbocycles. The normalized spacial score (nSPS) is 8.69. The average molecular weight is 176 g/mol. The van der Waals surface area contributed by atoms with Gasteiger partial charge in [0.15, 0.2) is 0 Å². The van der Waals surface area contributed by atoms with Gasteiger partial charge in [-0.15, -0.1) is 0 Å². The summed E-state index contributed by atoms with van der Waals surface area (Å²) in [5.74, 6) is 4.88. The van der Waals surface area contributed by atoms with E-state index >= 15 is 0 Å². The third-order valence-corrected chi connectivity index (χ3v) is 1.25. The van der Waals surface area contributed by atoms with E-state index in [2.05, 4.69) is 21.8 Å². The topological polar surface area (TPSA) is 63.1 Å². The third-order valence-electron chi connectivity index (χ3n) is 1.25. The predicted molar refractivity (Wildman–Crippen MR) is 45.9 cm³/mol. The van der Waals surface area contributed by atoms with Crippen LogP contribution in [0.3, 0.4) is 0 Å². The minimum Gasteiger partial charge on any atom is -0.481 e. The summed E-state index contributed by atoms with van der Waals surface area (Å²) in [5.41, 5.74) is 0.631. The lowest BCUT2D eigenvalue weighted by atomic mass is 10.3. The van der Waals surface area contributed by atoms with Crippen LogP contribution in [0, 0.1) is 18.8 Å². The van der Waals surface area contributed by atoms with E-state index in [0.29, 0.717) is 11.4 Å². The summed E-state index contributed by atoms with van der Waals surface area (Å²) in [6.45, 7) is 1.77. The van der Waals surface area contributed by atoms with E-state index in [0.717, 1.165) is 0 Å². The molecule has 0 spiro atoms. The highest BCUT2D eigenvalue weighted by atomic mass is 16.4. The van der Waals surface area contributed by atoms with E-state index in [1.54, 1.807) is 19.3 Å². The molecule has 0 aliphatic rings. The Morgan fingerprint density at radius 3 is 2.69 bits per heavy atom. The molecule has 1 aromatic rings. The monoisotopic (exact) mass is 176 g/mol. The molecule has 13 heavy (non-hydrogen) atoms. The van der Waals surface area contributed by atoms with Gasteiger partial charge in [0, 0.05) is 12.4 Å². The summed E-state index contributed by atoms with van der Waals surface area (Å²) in [5, 5.41) is 8.30. The van der Waals surface area contributed by atoms with Crippen molar-refractivity contribution in [2.24, 2.45) is 0 Å². The largest absolute Gasteiger partial charge is 0.481 e. The van der Waals surface area contributed by atoms with Gasteiger partial charge in [-0.25, -0.2) is 9.97 Å². The molecular formula is C9H8N2O2. The quantitative estimate of drug-likeness (QED) is 0.637. The smallest absolute Gasteiger partial charge is 0.315 e. The third kappa shape index (κ3) is 3.34. The lowest BCUT2D eigenvalue weighted by molar-refractivity contribution is -0.135. The lowest BCUT2D eigenvalue weighted by Crippen LogP contribution is -1.91. The Labute approximate surface area is 75.7 Å². The van der Waals surface area contributed by atoms with E-state index in [1.807, 2.05) is 0 Å². The van der Waals surface area contributed by atoms with E-state index in [4.69, 9.17) is 5.11 Å². The second-order valence-corrected chi connectivity index (χ2v) is 2.39. The predicted octanol–water partition coefficient (Wildman–Crippen LogP) is 0.611. The highest BCUT2D eigenvalue weighted by Gasteiger charge is 1.90. The molecule has 0 saturated carbocycles. The van der Waals surface area contributed by atoms with Gasteiger partial charge in [0.05, 0.1) is 5.56 Å². The lowest BCUT2D eigenvalue weighted by Gasteiger charge is -1.89. The molecule has 0 fully saturated rings. The zero-order valence-corrected chi connectivity index (χ0v) is 7.11. The van der Waals surface area contributed by atoms with Crippen LogP contribution in [0.1, 0.15) is 17.8 Å². The Kier molecular flexibility index (Phi) is 2.98. The van der Waals surface area contributed by atoms with Gasteiger partial charge in [-0.05, 0) is 6.92 Å². The molecule has 0 amide bonds. The SMILES string of the molecule is Cc1ncc(C#CCC(=O)O)cn1. The van der Waals surface area contributed by atoms with Crippen molar-refractivity contribution in [3.8, 4) is 11.8 Å². The molecule has 1 aromatic heterocycles. The standard InChI is InChI=1S/C9H8N2O2/c1-7-10-5-8(6-11-7)3-2-4-9(12)13/h5-6H,4H2,1H3,(H,12,13). The first-order valence-corrected chi connectivity index (χ1v) is 3.68. The van der Waals surface area contributed by atoms with Crippen molar-refractivity contribution in [3.63, 3.8) is 0 Å². The summed E-state index contributed by atoms with van der Waals surface area (Å²) in [4.78, 5) is 17.9. The maximum atomic E-state index is 10.1. The number of nitrogens with zero attached hydrogens (tertiary/aromatic N) is 2. The van der Waals surface area contributed by atoms with Crippen LogP contribution in [0.25, 0.3) is 0 Å². The Morgan fingerprint density at radius 2 is 2.15 bits per heavy atom. The molecule has 0 bridgehead atoms. The van der Waals surface area contributed by atoms with Crippen molar-refractivity contribution in [1.29, 1.82) is 0 Å². The van der Waals surface area contributed by atoms with Gasteiger partial charge in [0.2, 0.25) is 0 Å². The Hall–Kier alpha value is -1.89. The summed E-state index contributed by atoms with van der Waals surface area (Å²) < 4.78 is 0. The molecule has 4 nitrogen and oxygen atoms in total. The van der Waals surface area contributed by atoms with Crippen LogP contribution in [0.4, 0.5) is 0 Å². The molecule has 0 saturated heterocycles. The van der Waals surface area contributed by atoms with Crippen molar-refractivity contribution >= 4 is 5.97 Å². The van der Waals surface area contributed by atoms with Crippen LogP contribution in [0.2, 0.25) is 0 Å². The van der Waals surface area contributed by atoms with E-state index in [9.17, 15) is 4.79 Å². The van der Waals surface area contributed by atoms with Gasteiger partial charge in [-0.3, -0.25) is 4.79 Å². The van der Waals surface area contributed by atoms with Gasteiger partial charge < -0.3 is 5.11 Å². The molecular weight excluding hydrogens is 168 g/mol. The fourth-order valence-corrected chi connectivity index (χ4v) is 0.679. The number of carbonyl (C=O) groups is 1. The molecule has 0 unspecified atom stereocenters. The second kappa shape index (κ2) is 4.21. The van der Waals surface area contributed by atoms with Crippen molar-refractivity contribution < 1.29 is 9.90 Å². The summed E-state index contributed by atoms with van der Waals surface area (Å²) in [6, 6.07) is 0. The first kappa shape index (κ1) is 9.20. The number of carboxylic acids is 1. The van der Waals surface area contributed by atoms with E-state index in [-0.39, 0.29) is 6.42 Å². The molecule has 1 N–H and O–H groups in total. The van der Waals surface area contributed by atoms with E-state index in [1.165, 1.54) is 0 Å². The van der Waals surface area contributed by atoms with Crippen molar-refractivity contribution in [1.82, 2.24) is 9.97 Å². The first-order chi connectivity index (χ1) is 6.18. The maximum absolute atomic E-state index is 10.1. The van der Waals surface area contributed by atoms with Crippen molar-refractivity contribution in [2.45, 2.75) is 13.3 Å². The Balaban J connectivity index is 2.67. The Bertz CT molecular complexity index is 359. The Morgan fingerprint density at radius 1 is 1.54 bits per heavy atom. The fraction of sp³-hybridized carbons (Fsp3) is 0.222. The van der Waals surface area contributed by atoms with E-state index < -0.39 is 5.97 Å². The summed E-state index contributed by atoms with van der Waals surface area (Å²) >= 11 is 0. The van der Waals surface area contributed by atoms with Gasteiger partial charge >= 0.3 is 5.97 Å². The molecule has 0 atom stereocenters. The highest BCUT2D eigenvalue weighted by Crippen LogP contribution is 1.92. The number of aromatic nitrogens is 2. The van der Waals surface area contributed by atoms with Crippen LogP contribution < -0.4 is 0 Å². The van der Waals surface area contributed by atoms with Gasteiger partial charge in [-0.1, -0.05) is 11.8 Å². The molecule has 1 heterocycles. The molecule has 66 valence electrons.